The van der Waals surface area contributed by atoms with Gasteiger partial charge in [0.25, 0.3) is 20.0 Å². The van der Waals surface area contributed by atoms with Crippen molar-refractivity contribution >= 4 is 37.2 Å². The number of fused-ring (bicyclic) bond motifs is 3. The smallest absolute Gasteiger partial charge is 0.261 e. The Labute approximate surface area is 209 Å². The van der Waals surface area contributed by atoms with Gasteiger partial charge in [-0.25, -0.2) is 16.8 Å². The molecule has 1 aliphatic carbocycles. The highest BCUT2D eigenvalue weighted by Gasteiger charge is 2.30. The van der Waals surface area contributed by atoms with E-state index in [9.17, 15) is 21.6 Å². The van der Waals surface area contributed by atoms with E-state index in [1.54, 1.807) is 60.7 Å². The van der Waals surface area contributed by atoms with E-state index in [2.05, 4.69) is 9.44 Å². The van der Waals surface area contributed by atoms with Crippen molar-refractivity contribution in [2.24, 2.45) is 0 Å². The van der Waals surface area contributed by atoms with Crippen LogP contribution in [0.3, 0.4) is 0 Å². The predicted molar refractivity (Wildman–Crippen MR) is 139 cm³/mol. The zero-order chi connectivity index (χ0) is 25.7. The number of rotatable bonds is 6. The van der Waals surface area contributed by atoms with Crippen LogP contribution in [0.4, 0.5) is 11.4 Å². The molecule has 0 amide bonds. The van der Waals surface area contributed by atoms with Crippen molar-refractivity contribution < 1.29 is 21.6 Å². The van der Waals surface area contributed by atoms with Crippen LogP contribution >= 0.6 is 0 Å². The number of aryl methyl sites for hydroxylation is 2. The fraction of sp³-hybridized carbons (Fsp3) is 0.0741. The summed E-state index contributed by atoms with van der Waals surface area (Å²) in [6.45, 7) is 3.80. The molecule has 0 saturated carbocycles. The minimum Gasteiger partial charge on any atom is -0.289 e. The van der Waals surface area contributed by atoms with E-state index in [1.165, 1.54) is 24.3 Å². The third kappa shape index (κ3) is 4.38. The topological polar surface area (TPSA) is 109 Å². The molecule has 5 rings (SSSR count). The summed E-state index contributed by atoms with van der Waals surface area (Å²) in [4.78, 5) is 13.1. The minimum absolute atomic E-state index is 0.0585. The van der Waals surface area contributed by atoms with E-state index in [1.807, 2.05) is 13.8 Å². The van der Waals surface area contributed by atoms with E-state index in [-0.39, 0.29) is 20.9 Å². The Morgan fingerprint density at radius 3 is 1.22 bits per heavy atom. The maximum Gasteiger partial charge on any atom is 0.261 e. The summed E-state index contributed by atoms with van der Waals surface area (Å²) in [6, 6.07) is 22.5. The van der Waals surface area contributed by atoms with E-state index in [4.69, 9.17) is 0 Å². The minimum atomic E-state index is -3.94. The van der Waals surface area contributed by atoms with Crippen molar-refractivity contribution in [2.45, 2.75) is 23.6 Å². The molecule has 0 aliphatic heterocycles. The summed E-state index contributed by atoms with van der Waals surface area (Å²) in [6.07, 6.45) is 0. The molecule has 0 radical (unpaired) electrons. The number of carbonyl (C=O) groups is 1. The maximum absolute atomic E-state index is 13.2. The molecule has 4 aromatic carbocycles. The molecule has 0 atom stereocenters. The Hall–Kier alpha value is -3.95. The quantitative estimate of drug-likeness (QED) is 0.324. The van der Waals surface area contributed by atoms with Crippen molar-refractivity contribution in [1.82, 2.24) is 0 Å². The first-order chi connectivity index (χ1) is 17.0. The molecule has 7 nitrogen and oxygen atoms in total. The second-order valence-corrected chi connectivity index (χ2v) is 12.1. The first kappa shape index (κ1) is 23.8. The van der Waals surface area contributed by atoms with Gasteiger partial charge in [0.1, 0.15) is 0 Å². The maximum atomic E-state index is 13.2. The Balaban J connectivity index is 1.45. The van der Waals surface area contributed by atoms with Crippen molar-refractivity contribution in [2.75, 3.05) is 9.44 Å². The number of anilines is 2. The number of hydrogen-bond donors (Lipinski definition) is 2. The summed E-state index contributed by atoms with van der Waals surface area (Å²) < 4.78 is 56.8. The summed E-state index contributed by atoms with van der Waals surface area (Å²) in [5, 5.41) is 0. The normalized spacial score (nSPS) is 12.7. The number of nitrogens with one attached hydrogen (secondary N) is 2. The molecule has 2 N–H and O–H groups in total. The third-order valence-electron chi connectivity index (χ3n) is 5.99. The van der Waals surface area contributed by atoms with Crippen LogP contribution in [-0.4, -0.2) is 22.6 Å². The van der Waals surface area contributed by atoms with Crippen LogP contribution in [0.5, 0.6) is 0 Å². The van der Waals surface area contributed by atoms with Gasteiger partial charge in [0, 0.05) is 22.5 Å². The average molecular weight is 519 g/mol. The monoisotopic (exact) mass is 518 g/mol. The number of benzene rings is 4. The van der Waals surface area contributed by atoms with E-state index in [0.717, 1.165) is 11.1 Å². The van der Waals surface area contributed by atoms with E-state index in [0.29, 0.717) is 22.5 Å². The summed E-state index contributed by atoms with van der Waals surface area (Å²) in [5.41, 5.74) is 4.33. The number of carbonyl (C=O) groups excluding carboxylic acids is 1. The van der Waals surface area contributed by atoms with Gasteiger partial charge >= 0.3 is 0 Å². The van der Waals surface area contributed by atoms with Gasteiger partial charge in [0.05, 0.1) is 9.79 Å². The Bertz CT molecular complexity index is 1600. The molecule has 0 unspecified atom stereocenters. The lowest BCUT2D eigenvalue weighted by molar-refractivity contribution is 0.104. The molecule has 182 valence electrons. The van der Waals surface area contributed by atoms with E-state index >= 15 is 0 Å². The Morgan fingerprint density at radius 2 is 0.861 bits per heavy atom. The molecule has 0 heterocycles. The molecule has 0 bridgehead atoms. The van der Waals surface area contributed by atoms with Crippen molar-refractivity contribution in [1.29, 1.82) is 0 Å². The van der Waals surface area contributed by atoms with Crippen molar-refractivity contribution in [3.8, 4) is 11.1 Å². The van der Waals surface area contributed by atoms with Crippen LogP contribution in [0.1, 0.15) is 27.0 Å². The Morgan fingerprint density at radius 1 is 0.500 bits per heavy atom. The summed E-state index contributed by atoms with van der Waals surface area (Å²) in [7, 11) is -7.87. The second-order valence-electron chi connectivity index (χ2n) is 8.69. The van der Waals surface area contributed by atoms with Crippen molar-refractivity contribution in [3.05, 3.63) is 107 Å². The molecular weight excluding hydrogens is 496 g/mol. The lowest BCUT2D eigenvalue weighted by Crippen LogP contribution is -2.14. The lowest BCUT2D eigenvalue weighted by atomic mass is 10.1. The fourth-order valence-corrected chi connectivity index (χ4v) is 6.21. The molecule has 1 aliphatic rings. The molecule has 0 aromatic heterocycles. The average Bonchev–Trinajstić information content (AvgIpc) is 3.13. The van der Waals surface area contributed by atoms with Gasteiger partial charge in [-0.2, -0.15) is 0 Å². The van der Waals surface area contributed by atoms with Crippen LogP contribution in [0.15, 0.2) is 94.7 Å². The van der Waals surface area contributed by atoms with Crippen LogP contribution < -0.4 is 9.44 Å². The lowest BCUT2D eigenvalue weighted by Gasteiger charge is -2.10. The van der Waals surface area contributed by atoms with Crippen LogP contribution in [0.25, 0.3) is 11.1 Å². The van der Waals surface area contributed by atoms with Crippen LogP contribution in [0, 0.1) is 13.8 Å². The summed E-state index contributed by atoms with van der Waals surface area (Å²) >= 11 is 0. The summed E-state index contributed by atoms with van der Waals surface area (Å²) in [5.74, 6) is -0.431. The van der Waals surface area contributed by atoms with Gasteiger partial charge in [-0.1, -0.05) is 47.5 Å². The molecule has 0 saturated heterocycles. The zero-order valence-electron chi connectivity index (χ0n) is 19.4. The van der Waals surface area contributed by atoms with Gasteiger partial charge in [0.15, 0.2) is 5.78 Å². The molecule has 4 aromatic rings. The largest absolute Gasteiger partial charge is 0.289 e. The van der Waals surface area contributed by atoms with Gasteiger partial charge in [-0.15, -0.1) is 0 Å². The van der Waals surface area contributed by atoms with Gasteiger partial charge in [-0.3, -0.25) is 14.2 Å². The first-order valence-corrected chi connectivity index (χ1v) is 14.0. The van der Waals surface area contributed by atoms with Gasteiger partial charge < -0.3 is 0 Å². The highest BCUT2D eigenvalue weighted by atomic mass is 32.2. The Kier molecular flexibility index (Phi) is 5.69. The second kappa shape index (κ2) is 8.61. The highest BCUT2D eigenvalue weighted by molar-refractivity contribution is 7.93. The molecule has 9 heteroatoms. The number of hydrogen-bond acceptors (Lipinski definition) is 5. The molecule has 0 spiro atoms. The number of sulfonamides is 2. The fourth-order valence-electron chi connectivity index (χ4n) is 4.04. The first-order valence-electron chi connectivity index (χ1n) is 11.1. The van der Waals surface area contributed by atoms with Crippen LogP contribution in [0.2, 0.25) is 0 Å². The predicted octanol–water partition coefficient (Wildman–Crippen LogP) is 5.12. The third-order valence-corrected chi connectivity index (χ3v) is 8.75. The number of ketones is 1. The van der Waals surface area contributed by atoms with E-state index < -0.39 is 25.8 Å². The van der Waals surface area contributed by atoms with Gasteiger partial charge in [0.2, 0.25) is 0 Å². The standard InChI is InChI=1S/C27H22N2O5S2/c1-17-3-7-19(8-4-17)28-35(31,32)21-11-13-23-24-14-12-22(16-26(24)27(30)25(23)15-21)36(33,34)29-20-9-5-18(2)6-10-20/h3-16,28-29H,1-2H3. The SMILES string of the molecule is Cc1ccc(NS(=O)(=O)c2ccc3c(c2)C(=O)c2cc(S(=O)(=O)Nc4ccc(C)cc4)ccc2-3)cc1. The molecule has 0 fully saturated rings. The van der Waals surface area contributed by atoms with Crippen LogP contribution in [-0.2, 0) is 20.0 Å². The molecule has 36 heavy (non-hydrogen) atoms. The highest BCUT2D eigenvalue weighted by Crippen LogP contribution is 2.39. The molecular formula is C27H22N2O5S2. The van der Waals surface area contributed by atoms with Crippen molar-refractivity contribution in [3.63, 3.8) is 0 Å². The van der Waals surface area contributed by atoms with Gasteiger partial charge in [-0.05, 0) is 73.5 Å². The zero-order valence-corrected chi connectivity index (χ0v) is 21.1.